The number of rotatable bonds is 0. The highest BCUT2D eigenvalue weighted by Crippen LogP contribution is 2.37. The summed E-state index contributed by atoms with van der Waals surface area (Å²) in [6.07, 6.45) is 0. The van der Waals surface area contributed by atoms with E-state index < -0.39 is 11.4 Å². The van der Waals surface area contributed by atoms with Crippen LogP contribution in [0.3, 0.4) is 0 Å². The highest BCUT2D eigenvalue weighted by atomic mass is 79.9. The smallest absolute Gasteiger partial charge is 0.236 e. The molecule has 0 atom stereocenters. The standard InChI is InChI=1S/C9H8BrFN2O/c1-9(2)6-5(12-8(9)14)3-4(10)7(11)13-6/h3H,1-2H3,(H,12,14). The number of nitrogens with one attached hydrogen (secondary N) is 1. The van der Waals surface area contributed by atoms with Crippen LogP contribution in [0.2, 0.25) is 0 Å². The van der Waals surface area contributed by atoms with Gasteiger partial charge >= 0.3 is 0 Å². The van der Waals surface area contributed by atoms with Gasteiger partial charge in [-0.05, 0) is 35.8 Å². The number of amides is 1. The van der Waals surface area contributed by atoms with Crippen molar-refractivity contribution in [3.05, 3.63) is 22.2 Å². The number of carbonyl (C=O) groups excluding carboxylic acids is 1. The van der Waals surface area contributed by atoms with Crippen LogP contribution in [0.1, 0.15) is 19.5 Å². The number of carbonyl (C=O) groups is 1. The van der Waals surface area contributed by atoms with E-state index in [4.69, 9.17) is 0 Å². The summed E-state index contributed by atoms with van der Waals surface area (Å²) < 4.78 is 13.4. The average molecular weight is 259 g/mol. The molecule has 2 rings (SSSR count). The summed E-state index contributed by atoms with van der Waals surface area (Å²) in [6.45, 7) is 3.43. The fraction of sp³-hybridized carbons (Fsp3) is 0.333. The van der Waals surface area contributed by atoms with Crippen molar-refractivity contribution in [1.82, 2.24) is 4.98 Å². The molecule has 1 aliphatic rings. The molecule has 0 radical (unpaired) electrons. The maximum atomic E-state index is 13.1. The third kappa shape index (κ3) is 1.15. The Balaban J connectivity index is 2.67. The first kappa shape index (κ1) is 9.58. The van der Waals surface area contributed by atoms with E-state index in [-0.39, 0.29) is 10.4 Å². The largest absolute Gasteiger partial charge is 0.324 e. The summed E-state index contributed by atoms with van der Waals surface area (Å²) in [5.41, 5.74) is 0.285. The first-order valence-electron chi connectivity index (χ1n) is 4.11. The Labute approximate surface area is 88.8 Å². The van der Waals surface area contributed by atoms with Crippen molar-refractivity contribution in [1.29, 1.82) is 0 Å². The molecule has 74 valence electrons. The molecule has 0 unspecified atom stereocenters. The molecule has 3 nitrogen and oxygen atoms in total. The van der Waals surface area contributed by atoms with Crippen molar-refractivity contribution in [3.63, 3.8) is 0 Å². The van der Waals surface area contributed by atoms with Crippen LogP contribution in [0, 0.1) is 5.95 Å². The fourth-order valence-corrected chi connectivity index (χ4v) is 1.74. The summed E-state index contributed by atoms with van der Waals surface area (Å²) in [5.74, 6) is -0.745. The SMILES string of the molecule is CC1(C)C(=O)Nc2cc(Br)c(F)nc21. The Bertz CT molecular complexity index is 431. The van der Waals surface area contributed by atoms with E-state index >= 15 is 0 Å². The van der Waals surface area contributed by atoms with E-state index in [1.54, 1.807) is 13.8 Å². The van der Waals surface area contributed by atoms with Crippen molar-refractivity contribution in [2.45, 2.75) is 19.3 Å². The molecule has 1 aromatic rings. The van der Waals surface area contributed by atoms with E-state index in [2.05, 4.69) is 26.2 Å². The molecule has 0 aliphatic carbocycles. The van der Waals surface area contributed by atoms with E-state index in [1.165, 1.54) is 6.07 Å². The van der Waals surface area contributed by atoms with Crippen LogP contribution < -0.4 is 5.32 Å². The number of halogens is 2. The van der Waals surface area contributed by atoms with Gasteiger partial charge in [0.15, 0.2) is 0 Å². The number of anilines is 1. The molecular weight excluding hydrogens is 251 g/mol. The lowest BCUT2D eigenvalue weighted by atomic mass is 9.90. The molecule has 0 aromatic carbocycles. The summed E-state index contributed by atoms with van der Waals surface area (Å²) in [6, 6.07) is 1.53. The molecular formula is C9H8BrFN2O. The van der Waals surface area contributed by atoms with E-state index in [9.17, 15) is 9.18 Å². The third-order valence-electron chi connectivity index (χ3n) is 2.34. The number of hydrogen-bond donors (Lipinski definition) is 1. The minimum Gasteiger partial charge on any atom is -0.324 e. The van der Waals surface area contributed by atoms with Gasteiger partial charge in [-0.1, -0.05) is 0 Å². The van der Waals surface area contributed by atoms with Crippen molar-refractivity contribution >= 4 is 27.5 Å². The topological polar surface area (TPSA) is 42.0 Å². The zero-order valence-corrected chi connectivity index (χ0v) is 9.27. The quantitative estimate of drug-likeness (QED) is 0.726. The van der Waals surface area contributed by atoms with Gasteiger partial charge in [0.2, 0.25) is 11.9 Å². The molecule has 0 spiro atoms. The summed E-state index contributed by atoms with van der Waals surface area (Å²) in [4.78, 5) is 15.2. The van der Waals surface area contributed by atoms with Gasteiger partial charge in [-0.3, -0.25) is 4.79 Å². The van der Waals surface area contributed by atoms with Crippen molar-refractivity contribution < 1.29 is 9.18 Å². The molecule has 1 aromatic heterocycles. The Morgan fingerprint density at radius 2 is 2.21 bits per heavy atom. The van der Waals surface area contributed by atoms with Gasteiger partial charge in [-0.25, -0.2) is 4.98 Å². The maximum Gasteiger partial charge on any atom is 0.236 e. The van der Waals surface area contributed by atoms with Gasteiger partial charge in [0.25, 0.3) is 0 Å². The Hall–Kier alpha value is -0.970. The number of hydrogen-bond acceptors (Lipinski definition) is 2. The second-order valence-electron chi connectivity index (χ2n) is 3.74. The van der Waals surface area contributed by atoms with Gasteiger partial charge in [0.05, 0.1) is 21.3 Å². The summed E-state index contributed by atoms with van der Waals surface area (Å²) >= 11 is 3.02. The Morgan fingerprint density at radius 3 is 2.86 bits per heavy atom. The van der Waals surface area contributed by atoms with Crippen LogP contribution in [0.4, 0.5) is 10.1 Å². The minimum absolute atomic E-state index is 0.155. The first-order valence-corrected chi connectivity index (χ1v) is 4.90. The Kier molecular flexibility index (Phi) is 1.89. The van der Waals surface area contributed by atoms with Crippen molar-refractivity contribution in [2.75, 3.05) is 5.32 Å². The van der Waals surface area contributed by atoms with E-state index in [1.807, 2.05) is 0 Å². The highest BCUT2D eigenvalue weighted by molar-refractivity contribution is 9.10. The molecule has 5 heteroatoms. The van der Waals surface area contributed by atoms with Gasteiger partial charge in [-0.15, -0.1) is 0 Å². The first-order chi connectivity index (χ1) is 6.43. The van der Waals surface area contributed by atoms with Crippen LogP contribution in [0.15, 0.2) is 10.5 Å². The lowest BCUT2D eigenvalue weighted by molar-refractivity contribution is -0.119. The van der Waals surface area contributed by atoms with Crippen LogP contribution in [-0.4, -0.2) is 10.9 Å². The van der Waals surface area contributed by atoms with Crippen molar-refractivity contribution in [2.24, 2.45) is 0 Å². The van der Waals surface area contributed by atoms with Gasteiger partial charge < -0.3 is 5.32 Å². The third-order valence-corrected chi connectivity index (χ3v) is 2.90. The molecule has 1 amide bonds. The molecule has 0 saturated carbocycles. The molecule has 0 bridgehead atoms. The van der Waals surface area contributed by atoms with E-state index in [0.717, 1.165) is 0 Å². The molecule has 1 N–H and O–H groups in total. The minimum atomic E-state index is -0.753. The normalized spacial score (nSPS) is 17.9. The molecule has 14 heavy (non-hydrogen) atoms. The van der Waals surface area contributed by atoms with Crippen molar-refractivity contribution in [3.8, 4) is 0 Å². The zero-order valence-electron chi connectivity index (χ0n) is 7.69. The monoisotopic (exact) mass is 258 g/mol. The second-order valence-corrected chi connectivity index (χ2v) is 4.59. The fourth-order valence-electron chi connectivity index (χ4n) is 1.42. The highest BCUT2D eigenvalue weighted by Gasteiger charge is 2.40. The lowest BCUT2D eigenvalue weighted by Gasteiger charge is -2.13. The molecule has 0 fully saturated rings. The molecule has 2 heterocycles. The zero-order chi connectivity index (χ0) is 10.5. The maximum absolute atomic E-state index is 13.1. The number of pyridine rings is 1. The Morgan fingerprint density at radius 1 is 1.57 bits per heavy atom. The lowest BCUT2D eigenvalue weighted by Crippen LogP contribution is -2.27. The van der Waals surface area contributed by atoms with Gasteiger partial charge in [0, 0.05) is 0 Å². The van der Waals surface area contributed by atoms with Crippen LogP contribution in [0.5, 0.6) is 0 Å². The average Bonchev–Trinajstić information content (AvgIpc) is 2.28. The van der Waals surface area contributed by atoms with Gasteiger partial charge in [0.1, 0.15) is 0 Å². The van der Waals surface area contributed by atoms with Crippen LogP contribution in [-0.2, 0) is 10.2 Å². The summed E-state index contributed by atoms with van der Waals surface area (Å²) in [7, 11) is 0. The van der Waals surface area contributed by atoms with Gasteiger partial charge in [-0.2, -0.15) is 4.39 Å². The second kappa shape index (κ2) is 2.76. The van der Waals surface area contributed by atoms with E-state index in [0.29, 0.717) is 11.4 Å². The predicted octanol–water partition coefficient (Wildman–Crippen LogP) is 2.21. The number of aromatic nitrogens is 1. The molecule has 0 saturated heterocycles. The summed E-state index contributed by atoms with van der Waals surface area (Å²) in [5, 5.41) is 2.66. The predicted molar refractivity (Wildman–Crippen MR) is 53.6 cm³/mol. The number of nitrogens with zero attached hydrogens (tertiary/aromatic N) is 1. The molecule has 1 aliphatic heterocycles. The number of fused-ring (bicyclic) bond motifs is 1. The van der Waals surface area contributed by atoms with Crippen LogP contribution >= 0.6 is 15.9 Å². The van der Waals surface area contributed by atoms with Crippen LogP contribution in [0.25, 0.3) is 0 Å².